The summed E-state index contributed by atoms with van der Waals surface area (Å²) in [6.45, 7) is 3.67. The molecule has 1 atom stereocenters. The van der Waals surface area contributed by atoms with Crippen LogP contribution in [0.3, 0.4) is 0 Å². The van der Waals surface area contributed by atoms with Gasteiger partial charge in [0.2, 0.25) is 0 Å². The third kappa shape index (κ3) is 2.43. The summed E-state index contributed by atoms with van der Waals surface area (Å²) in [6, 6.07) is 0.128. The van der Waals surface area contributed by atoms with Crippen LogP contribution in [0.4, 0.5) is 0 Å². The Bertz CT molecular complexity index is 379. The number of nitrogens with zero attached hydrogens (tertiary/aromatic N) is 3. The second kappa shape index (κ2) is 4.12. The number of nitrogens with two attached hydrogens (primary N) is 1. The van der Waals surface area contributed by atoms with Crippen LogP contribution in [0.5, 0.6) is 0 Å². The van der Waals surface area contributed by atoms with Gasteiger partial charge in [0, 0.05) is 32.6 Å². The van der Waals surface area contributed by atoms with Gasteiger partial charge in [0.05, 0.1) is 0 Å². The van der Waals surface area contributed by atoms with Gasteiger partial charge in [-0.25, -0.2) is 4.98 Å². The molecule has 0 bridgehead atoms. The minimum Gasteiger partial charge on any atom is -0.323 e. The Kier molecular flexibility index (Phi) is 2.83. The molecule has 0 spiro atoms. The second-order valence-corrected chi connectivity index (χ2v) is 4.00. The quantitative estimate of drug-likeness (QED) is 0.643. The van der Waals surface area contributed by atoms with Crippen molar-refractivity contribution in [2.75, 3.05) is 13.1 Å². The average molecular weight is 207 g/mol. The van der Waals surface area contributed by atoms with Gasteiger partial charge in [0.15, 0.2) is 0 Å². The zero-order valence-corrected chi connectivity index (χ0v) is 9.20. The predicted octanol–water partition coefficient (Wildman–Crippen LogP) is -0.477. The number of aryl methyl sites for hydroxylation is 2. The highest BCUT2D eigenvalue weighted by molar-refractivity contribution is 5.17. The molecule has 1 aliphatic rings. The average Bonchev–Trinajstić information content (AvgIpc) is 2.45. The monoisotopic (exact) mass is 207 g/mol. The first-order chi connectivity index (χ1) is 7.15. The summed E-state index contributed by atoms with van der Waals surface area (Å²) in [7, 11) is 1.92. The molecule has 0 fully saturated rings. The van der Waals surface area contributed by atoms with Gasteiger partial charge < -0.3 is 11.1 Å². The lowest BCUT2D eigenvalue weighted by atomic mass is 10.1. The Morgan fingerprint density at radius 1 is 1.67 bits per heavy atom. The van der Waals surface area contributed by atoms with Gasteiger partial charge in [-0.1, -0.05) is 11.6 Å². The van der Waals surface area contributed by atoms with Crippen molar-refractivity contribution >= 4 is 0 Å². The summed E-state index contributed by atoms with van der Waals surface area (Å²) in [5.41, 5.74) is 7.14. The fourth-order valence-electron chi connectivity index (χ4n) is 1.85. The number of hydrogen-bond acceptors (Lipinski definition) is 4. The molecule has 5 nitrogen and oxygen atoms in total. The van der Waals surface area contributed by atoms with Crippen LogP contribution in [-0.2, 0) is 13.5 Å². The molecular weight excluding hydrogens is 190 g/mol. The first-order valence-corrected chi connectivity index (χ1v) is 5.17. The van der Waals surface area contributed by atoms with Crippen molar-refractivity contribution in [2.45, 2.75) is 19.4 Å². The SMILES string of the molecule is Cc1nc(CC2=CC(N)CNC2)n(C)n1. The normalized spacial score (nSPS) is 21.5. The van der Waals surface area contributed by atoms with Gasteiger partial charge in [0.1, 0.15) is 11.6 Å². The van der Waals surface area contributed by atoms with Crippen LogP contribution >= 0.6 is 0 Å². The van der Waals surface area contributed by atoms with E-state index in [9.17, 15) is 0 Å². The minimum absolute atomic E-state index is 0.128. The lowest BCUT2D eigenvalue weighted by molar-refractivity contribution is 0.616. The van der Waals surface area contributed by atoms with Crippen LogP contribution < -0.4 is 11.1 Å². The van der Waals surface area contributed by atoms with E-state index in [1.165, 1.54) is 5.57 Å². The Morgan fingerprint density at radius 3 is 3.07 bits per heavy atom. The van der Waals surface area contributed by atoms with E-state index in [-0.39, 0.29) is 6.04 Å². The fourth-order valence-corrected chi connectivity index (χ4v) is 1.85. The van der Waals surface area contributed by atoms with Crippen LogP contribution in [0.25, 0.3) is 0 Å². The molecule has 1 aromatic rings. The van der Waals surface area contributed by atoms with Crippen LogP contribution in [0.1, 0.15) is 11.6 Å². The van der Waals surface area contributed by atoms with Crippen LogP contribution in [0.2, 0.25) is 0 Å². The van der Waals surface area contributed by atoms with E-state index in [4.69, 9.17) is 5.73 Å². The van der Waals surface area contributed by atoms with Gasteiger partial charge in [-0.3, -0.25) is 4.68 Å². The number of aromatic nitrogens is 3. The lowest BCUT2D eigenvalue weighted by Gasteiger charge is -2.18. The molecule has 1 unspecified atom stereocenters. The summed E-state index contributed by atoms with van der Waals surface area (Å²) in [6.07, 6.45) is 2.96. The zero-order valence-electron chi connectivity index (χ0n) is 9.20. The van der Waals surface area contributed by atoms with E-state index in [0.717, 1.165) is 31.2 Å². The molecule has 15 heavy (non-hydrogen) atoms. The highest BCUT2D eigenvalue weighted by Gasteiger charge is 2.12. The third-order valence-electron chi connectivity index (χ3n) is 2.53. The molecule has 5 heteroatoms. The lowest BCUT2D eigenvalue weighted by Crippen LogP contribution is -2.38. The Morgan fingerprint density at radius 2 is 2.47 bits per heavy atom. The standard InChI is InChI=1S/C10H17N5/c1-7-13-10(15(2)14-7)4-8-3-9(11)6-12-5-8/h3,9,12H,4-6,11H2,1-2H3. The van der Waals surface area contributed by atoms with E-state index in [0.29, 0.717) is 0 Å². The number of hydrogen-bond donors (Lipinski definition) is 2. The predicted molar refractivity (Wildman–Crippen MR) is 58.4 cm³/mol. The smallest absolute Gasteiger partial charge is 0.147 e. The maximum absolute atomic E-state index is 5.84. The van der Waals surface area contributed by atoms with E-state index >= 15 is 0 Å². The van der Waals surface area contributed by atoms with E-state index in [1.807, 2.05) is 18.7 Å². The molecule has 2 rings (SSSR count). The Hall–Kier alpha value is -1.20. The third-order valence-corrected chi connectivity index (χ3v) is 2.53. The molecule has 0 saturated heterocycles. The van der Waals surface area contributed by atoms with E-state index in [2.05, 4.69) is 21.5 Å². The molecule has 0 aromatic carbocycles. The molecule has 0 radical (unpaired) electrons. The van der Waals surface area contributed by atoms with Crippen LogP contribution in [0, 0.1) is 6.92 Å². The van der Waals surface area contributed by atoms with Gasteiger partial charge in [-0.2, -0.15) is 5.10 Å². The van der Waals surface area contributed by atoms with Crippen LogP contribution in [0.15, 0.2) is 11.6 Å². The molecule has 0 aliphatic carbocycles. The van der Waals surface area contributed by atoms with E-state index < -0.39 is 0 Å². The first-order valence-electron chi connectivity index (χ1n) is 5.17. The summed E-state index contributed by atoms with van der Waals surface area (Å²) in [5, 5.41) is 7.50. The highest BCUT2D eigenvalue weighted by atomic mass is 15.3. The Labute approximate surface area is 89.4 Å². The maximum atomic E-state index is 5.84. The topological polar surface area (TPSA) is 68.8 Å². The largest absolute Gasteiger partial charge is 0.323 e. The van der Waals surface area contributed by atoms with Gasteiger partial charge in [-0.05, 0) is 6.92 Å². The molecule has 1 aliphatic heterocycles. The number of rotatable bonds is 2. The highest BCUT2D eigenvalue weighted by Crippen LogP contribution is 2.08. The Balaban J connectivity index is 2.11. The molecule has 0 amide bonds. The summed E-state index contributed by atoms with van der Waals surface area (Å²) >= 11 is 0. The van der Waals surface area contributed by atoms with Crippen molar-refractivity contribution in [1.82, 2.24) is 20.1 Å². The first kappa shape index (κ1) is 10.3. The second-order valence-electron chi connectivity index (χ2n) is 4.00. The fraction of sp³-hybridized carbons (Fsp3) is 0.600. The van der Waals surface area contributed by atoms with Crippen molar-refractivity contribution in [2.24, 2.45) is 12.8 Å². The summed E-state index contributed by atoms with van der Waals surface area (Å²) in [4.78, 5) is 4.37. The van der Waals surface area contributed by atoms with Crippen molar-refractivity contribution in [1.29, 1.82) is 0 Å². The number of nitrogens with one attached hydrogen (secondary N) is 1. The summed E-state index contributed by atoms with van der Waals surface area (Å²) < 4.78 is 1.83. The van der Waals surface area contributed by atoms with Gasteiger partial charge >= 0.3 is 0 Å². The van der Waals surface area contributed by atoms with Crippen molar-refractivity contribution in [3.05, 3.63) is 23.3 Å². The summed E-state index contributed by atoms with van der Waals surface area (Å²) in [5.74, 6) is 1.82. The molecule has 0 saturated carbocycles. The zero-order chi connectivity index (χ0) is 10.8. The molecular formula is C10H17N5. The van der Waals surface area contributed by atoms with Gasteiger partial charge in [0.25, 0.3) is 0 Å². The van der Waals surface area contributed by atoms with Gasteiger partial charge in [-0.15, -0.1) is 0 Å². The van der Waals surface area contributed by atoms with Crippen molar-refractivity contribution < 1.29 is 0 Å². The molecule has 82 valence electrons. The maximum Gasteiger partial charge on any atom is 0.147 e. The molecule has 2 heterocycles. The van der Waals surface area contributed by atoms with Crippen molar-refractivity contribution in [3.8, 4) is 0 Å². The minimum atomic E-state index is 0.128. The molecule has 3 N–H and O–H groups in total. The van der Waals surface area contributed by atoms with Crippen molar-refractivity contribution in [3.63, 3.8) is 0 Å². The van der Waals surface area contributed by atoms with E-state index in [1.54, 1.807) is 0 Å². The van der Waals surface area contributed by atoms with Crippen LogP contribution in [-0.4, -0.2) is 33.9 Å². The molecule has 1 aromatic heterocycles.